The van der Waals surface area contributed by atoms with Gasteiger partial charge >= 0.3 is 11.7 Å². The molecule has 1 saturated heterocycles. The third-order valence-electron chi connectivity index (χ3n) is 7.30. The highest BCUT2D eigenvalue weighted by Gasteiger charge is 2.25. The van der Waals surface area contributed by atoms with Crippen molar-refractivity contribution < 1.29 is 19.0 Å². The number of thioether (sulfide) groups is 1. The van der Waals surface area contributed by atoms with Gasteiger partial charge in [0.25, 0.3) is 11.5 Å². The fourth-order valence-electron chi connectivity index (χ4n) is 4.83. The van der Waals surface area contributed by atoms with Crippen molar-refractivity contribution in [1.29, 1.82) is 0 Å². The molecule has 0 aliphatic carbocycles. The molecule has 1 fully saturated rings. The molecule has 6 rings (SSSR count). The number of fused-ring (bicyclic) bond motifs is 1. The Kier molecular flexibility index (Phi) is 8.86. The van der Waals surface area contributed by atoms with Gasteiger partial charge in [0.05, 0.1) is 31.4 Å². The van der Waals surface area contributed by atoms with E-state index in [0.29, 0.717) is 48.4 Å². The minimum absolute atomic E-state index is 0.0267. The van der Waals surface area contributed by atoms with Crippen molar-refractivity contribution in [3.05, 3.63) is 108 Å². The summed E-state index contributed by atoms with van der Waals surface area (Å²) in [6, 6.07) is 17.3. The summed E-state index contributed by atoms with van der Waals surface area (Å²) in [7, 11) is 5.98. The lowest BCUT2D eigenvalue weighted by atomic mass is 10.2. The number of nitrogens with zero attached hydrogens (tertiary/aromatic N) is 5. The van der Waals surface area contributed by atoms with Crippen LogP contribution in [-0.4, -0.2) is 44.0 Å². The van der Waals surface area contributed by atoms with E-state index in [2.05, 4.69) is 15.3 Å². The Hall–Kier alpha value is -4.98. The smallest absolute Gasteiger partial charge is 0.332 e. The van der Waals surface area contributed by atoms with Gasteiger partial charge in [-0.05, 0) is 77.5 Å². The van der Waals surface area contributed by atoms with Gasteiger partial charge in [0, 0.05) is 24.1 Å². The topological polar surface area (TPSA) is 131 Å². The highest BCUT2D eigenvalue weighted by atomic mass is 35.5. The van der Waals surface area contributed by atoms with Crippen molar-refractivity contribution in [2.24, 2.45) is 19.1 Å². The molecule has 1 N–H and O–H groups in total. The number of carbonyl (C=O) groups excluding carboxylic acids is 1. The Morgan fingerprint density at radius 3 is 2.40 bits per heavy atom. The van der Waals surface area contributed by atoms with E-state index in [1.165, 1.54) is 37.5 Å². The molecule has 0 spiro atoms. The van der Waals surface area contributed by atoms with Gasteiger partial charge in [-0.25, -0.2) is 9.79 Å². The summed E-state index contributed by atoms with van der Waals surface area (Å²) in [4.78, 5) is 48.2. The summed E-state index contributed by atoms with van der Waals surface area (Å²) in [5, 5.41) is 4.06. The largest absolute Gasteiger partial charge is 0.497 e. The first-order valence-corrected chi connectivity index (χ1v) is 15.5. The van der Waals surface area contributed by atoms with Crippen LogP contribution in [0.1, 0.15) is 11.1 Å². The van der Waals surface area contributed by atoms with Crippen molar-refractivity contribution >= 4 is 69.0 Å². The zero-order valence-electron chi connectivity index (χ0n) is 25.4. The molecule has 0 atom stereocenters. The lowest BCUT2D eigenvalue weighted by Gasteiger charge is -2.13. The average Bonchev–Trinajstić information content (AvgIpc) is 3.59. The first-order valence-electron chi connectivity index (χ1n) is 14.0. The predicted octanol–water partition coefficient (Wildman–Crippen LogP) is 5.49. The lowest BCUT2D eigenvalue weighted by molar-refractivity contribution is -0.115. The normalized spacial score (nSPS) is 14.6. The second kappa shape index (κ2) is 13.0. The van der Waals surface area contributed by atoms with Crippen LogP contribution in [0.3, 0.4) is 0 Å². The molecule has 0 saturated carbocycles. The van der Waals surface area contributed by atoms with Gasteiger partial charge in [-0.15, -0.1) is 0 Å². The second-order valence-electron chi connectivity index (χ2n) is 10.3. The van der Waals surface area contributed by atoms with E-state index in [1.807, 2.05) is 0 Å². The van der Waals surface area contributed by atoms with E-state index < -0.39 is 11.2 Å². The van der Waals surface area contributed by atoms with E-state index in [0.717, 1.165) is 4.57 Å². The fourth-order valence-corrected chi connectivity index (χ4v) is 6.14. The molecule has 1 aliphatic heterocycles. The third-order valence-corrected chi connectivity index (χ3v) is 8.79. The molecule has 0 bridgehead atoms. The summed E-state index contributed by atoms with van der Waals surface area (Å²) in [6.07, 6.45) is 1.71. The van der Waals surface area contributed by atoms with Crippen molar-refractivity contribution in [3.63, 3.8) is 0 Å². The number of aryl methyl sites for hydroxylation is 1. The molecule has 3 aromatic carbocycles. The SMILES string of the molecule is COc1ccc(N=C2NC(=O)C(=Cc3ccc(Oc4nc5c(c(=O)n(C)c(=O)n5C)n4Cc4ccc(Cl)cc4Cl)c(OC)c3)S2)cc1. The number of rotatable bonds is 8. The van der Waals surface area contributed by atoms with E-state index in [-0.39, 0.29) is 35.4 Å². The van der Waals surface area contributed by atoms with Gasteiger partial charge in [-0.1, -0.05) is 35.3 Å². The number of hydrogen-bond donors (Lipinski definition) is 1. The zero-order chi connectivity index (χ0) is 33.4. The summed E-state index contributed by atoms with van der Waals surface area (Å²) in [6.45, 7) is 0.0918. The van der Waals surface area contributed by atoms with Crippen molar-refractivity contribution in [2.45, 2.75) is 6.54 Å². The van der Waals surface area contributed by atoms with Gasteiger partial charge in [0.2, 0.25) is 0 Å². The molecule has 3 heterocycles. The molecule has 240 valence electrons. The van der Waals surface area contributed by atoms with Crippen LogP contribution in [-0.2, 0) is 25.4 Å². The number of amidine groups is 1. The maximum atomic E-state index is 13.3. The zero-order valence-corrected chi connectivity index (χ0v) is 27.7. The Morgan fingerprint density at radius 2 is 1.70 bits per heavy atom. The molecular formula is C32H26Cl2N6O6S. The molecule has 1 aliphatic rings. The minimum Gasteiger partial charge on any atom is -0.497 e. The summed E-state index contributed by atoms with van der Waals surface area (Å²) >= 11 is 13.8. The third kappa shape index (κ3) is 6.37. The first kappa shape index (κ1) is 32.0. The van der Waals surface area contributed by atoms with Crippen LogP contribution in [0.2, 0.25) is 10.0 Å². The van der Waals surface area contributed by atoms with E-state index >= 15 is 0 Å². The van der Waals surface area contributed by atoms with Gasteiger partial charge in [0.15, 0.2) is 27.8 Å². The number of imidazole rings is 1. The number of methoxy groups -OCH3 is 2. The summed E-state index contributed by atoms with van der Waals surface area (Å²) in [5.41, 5.74) is 1.17. The molecular weight excluding hydrogens is 667 g/mol. The van der Waals surface area contributed by atoms with Crippen LogP contribution in [0.25, 0.3) is 17.2 Å². The molecule has 5 aromatic rings. The van der Waals surface area contributed by atoms with Crippen LogP contribution in [0, 0.1) is 0 Å². The number of ether oxygens (including phenoxy) is 3. The Balaban J connectivity index is 1.34. The molecule has 47 heavy (non-hydrogen) atoms. The molecule has 0 unspecified atom stereocenters. The van der Waals surface area contributed by atoms with Gasteiger partial charge in [0.1, 0.15) is 5.75 Å². The van der Waals surface area contributed by atoms with Crippen molar-refractivity contribution in [3.8, 4) is 23.3 Å². The summed E-state index contributed by atoms with van der Waals surface area (Å²) < 4.78 is 20.9. The predicted molar refractivity (Wildman–Crippen MR) is 183 cm³/mol. The van der Waals surface area contributed by atoms with Crippen molar-refractivity contribution in [1.82, 2.24) is 24.0 Å². The molecule has 1 amide bonds. The highest BCUT2D eigenvalue weighted by Crippen LogP contribution is 2.36. The fraction of sp³-hybridized carbons (Fsp3) is 0.156. The van der Waals surface area contributed by atoms with Crippen LogP contribution in [0.15, 0.2) is 80.2 Å². The highest BCUT2D eigenvalue weighted by molar-refractivity contribution is 8.18. The number of carbonyl (C=O) groups is 1. The summed E-state index contributed by atoms with van der Waals surface area (Å²) in [5.74, 6) is 1.03. The van der Waals surface area contributed by atoms with Gasteiger partial charge < -0.3 is 19.5 Å². The van der Waals surface area contributed by atoms with Crippen LogP contribution >= 0.6 is 35.0 Å². The molecule has 0 radical (unpaired) electrons. The van der Waals surface area contributed by atoms with Crippen LogP contribution < -0.4 is 30.8 Å². The Morgan fingerprint density at radius 1 is 0.936 bits per heavy atom. The monoisotopic (exact) mass is 692 g/mol. The average molecular weight is 694 g/mol. The first-order chi connectivity index (χ1) is 22.6. The Labute approximate surface area is 281 Å². The molecule has 12 nitrogen and oxygen atoms in total. The minimum atomic E-state index is -0.549. The second-order valence-corrected chi connectivity index (χ2v) is 12.2. The number of halogens is 2. The standard InChI is InChI=1S/C32H26Cl2N6O6S/c1-38-27-26(29(42)39(2)32(38)43)40(16-18-6-7-19(33)15-22(18)34)31(36-27)46-23-12-5-17(13-24(23)45-4)14-25-28(41)37-30(47-25)35-20-8-10-21(44-3)11-9-20/h5-15H,16H2,1-4H3,(H,35,37,41). The van der Waals surface area contributed by atoms with Gasteiger partial charge in [-0.3, -0.25) is 23.3 Å². The Bertz CT molecular complexity index is 2240. The number of aromatic nitrogens is 4. The number of amides is 1. The lowest BCUT2D eigenvalue weighted by Crippen LogP contribution is -2.37. The van der Waals surface area contributed by atoms with E-state index in [1.54, 1.807) is 78.4 Å². The van der Waals surface area contributed by atoms with Gasteiger partial charge in [-0.2, -0.15) is 4.98 Å². The maximum absolute atomic E-state index is 13.3. The van der Waals surface area contributed by atoms with Crippen LogP contribution in [0.5, 0.6) is 23.3 Å². The number of hydrogen-bond acceptors (Lipinski definition) is 9. The van der Waals surface area contributed by atoms with Crippen molar-refractivity contribution in [2.75, 3.05) is 14.2 Å². The van der Waals surface area contributed by atoms with Crippen LogP contribution in [0.4, 0.5) is 5.69 Å². The number of benzene rings is 3. The van der Waals surface area contributed by atoms with E-state index in [4.69, 9.17) is 37.4 Å². The molecule has 15 heteroatoms. The quantitative estimate of drug-likeness (QED) is 0.211. The number of nitrogens with one attached hydrogen (secondary N) is 1. The molecule has 2 aromatic heterocycles. The number of aliphatic imine (C=N–C) groups is 1. The maximum Gasteiger partial charge on any atom is 0.332 e. The van der Waals surface area contributed by atoms with E-state index in [9.17, 15) is 14.4 Å².